The summed E-state index contributed by atoms with van der Waals surface area (Å²) in [6, 6.07) is 3.04. The molecule has 0 saturated heterocycles. The highest BCUT2D eigenvalue weighted by atomic mass is 15.3. The second kappa shape index (κ2) is 8.54. The van der Waals surface area contributed by atoms with Gasteiger partial charge in [0.25, 0.3) is 0 Å². The predicted octanol–water partition coefficient (Wildman–Crippen LogP) is 3.59. The summed E-state index contributed by atoms with van der Waals surface area (Å²) in [6.45, 7) is 4.45. The standard InChI is InChI=1S/C17H32N4/c1-3-17(4-2)21-12-11-16(20-21)13-15(19-18)10-9-14-7-5-6-8-14/h11-12,14-15,17,19H,3-10,13,18H2,1-2H3. The summed E-state index contributed by atoms with van der Waals surface area (Å²) in [5.74, 6) is 6.67. The van der Waals surface area contributed by atoms with Crippen molar-refractivity contribution in [3.05, 3.63) is 18.0 Å². The lowest BCUT2D eigenvalue weighted by Gasteiger charge is -2.17. The molecular formula is C17H32N4. The molecule has 0 aliphatic heterocycles. The van der Waals surface area contributed by atoms with Gasteiger partial charge in [0.05, 0.1) is 11.7 Å². The van der Waals surface area contributed by atoms with E-state index in [4.69, 9.17) is 10.9 Å². The van der Waals surface area contributed by atoms with E-state index in [0.717, 1.165) is 30.9 Å². The Morgan fingerprint density at radius 2 is 2.05 bits per heavy atom. The van der Waals surface area contributed by atoms with E-state index in [0.29, 0.717) is 12.1 Å². The van der Waals surface area contributed by atoms with E-state index in [9.17, 15) is 0 Å². The van der Waals surface area contributed by atoms with Crippen molar-refractivity contribution in [2.75, 3.05) is 0 Å². The van der Waals surface area contributed by atoms with Gasteiger partial charge in [0.15, 0.2) is 0 Å². The van der Waals surface area contributed by atoms with Crippen LogP contribution >= 0.6 is 0 Å². The first-order valence-electron chi connectivity index (χ1n) is 8.76. The van der Waals surface area contributed by atoms with Gasteiger partial charge in [-0.05, 0) is 37.7 Å². The molecule has 1 aromatic heterocycles. The van der Waals surface area contributed by atoms with Crippen LogP contribution in [0.5, 0.6) is 0 Å². The van der Waals surface area contributed by atoms with Gasteiger partial charge in [0.2, 0.25) is 0 Å². The molecule has 0 bridgehead atoms. The number of nitrogens with one attached hydrogen (secondary N) is 1. The maximum atomic E-state index is 5.74. The summed E-state index contributed by atoms with van der Waals surface area (Å²) in [6.07, 6.45) is 13.5. The van der Waals surface area contributed by atoms with Gasteiger partial charge in [0.1, 0.15) is 0 Å². The fraction of sp³-hybridized carbons (Fsp3) is 0.824. The Kier molecular flexibility index (Phi) is 6.71. The number of hydrogen-bond donors (Lipinski definition) is 2. The molecule has 4 heteroatoms. The van der Waals surface area contributed by atoms with Crippen molar-refractivity contribution in [3.63, 3.8) is 0 Å². The van der Waals surface area contributed by atoms with Gasteiger partial charge in [-0.25, -0.2) is 0 Å². The van der Waals surface area contributed by atoms with Crippen molar-refractivity contribution in [1.82, 2.24) is 15.2 Å². The van der Waals surface area contributed by atoms with Crippen LogP contribution in [0.2, 0.25) is 0 Å². The Hall–Kier alpha value is -0.870. The lowest BCUT2D eigenvalue weighted by molar-refractivity contribution is 0.397. The number of hydrazine groups is 1. The van der Waals surface area contributed by atoms with Gasteiger partial charge in [0, 0.05) is 18.7 Å². The second-order valence-electron chi connectivity index (χ2n) is 6.55. The minimum Gasteiger partial charge on any atom is -0.271 e. The van der Waals surface area contributed by atoms with Gasteiger partial charge in [-0.1, -0.05) is 39.5 Å². The molecule has 0 spiro atoms. The Bertz CT molecular complexity index is 391. The van der Waals surface area contributed by atoms with E-state index in [1.54, 1.807) is 0 Å². The third kappa shape index (κ3) is 4.82. The number of rotatable bonds is 9. The second-order valence-corrected chi connectivity index (χ2v) is 6.55. The van der Waals surface area contributed by atoms with Crippen LogP contribution in [0.4, 0.5) is 0 Å². The summed E-state index contributed by atoms with van der Waals surface area (Å²) < 4.78 is 2.12. The Balaban J connectivity index is 1.83. The molecule has 21 heavy (non-hydrogen) atoms. The smallest absolute Gasteiger partial charge is 0.0640 e. The quantitative estimate of drug-likeness (QED) is 0.540. The molecular weight excluding hydrogens is 260 g/mol. The molecule has 1 heterocycles. The summed E-state index contributed by atoms with van der Waals surface area (Å²) in [5.41, 5.74) is 4.15. The first-order valence-corrected chi connectivity index (χ1v) is 8.76. The van der Waals surface area contributed by atoms with Crippen molar-refractivity contribution in [2.45, 2.75) is 83.7 Å². The van der Waals surface area contributed by atoms with Crippen molar-refractivity contribution >= 4 is 0 Å². The number of hydrogen-bond acceptors (Lipinski definition) is 3. The van der Waals surface area contributed by atoms with Crippen molar-refractivity contribution < 1.29 is 0 Å². The third-order valence-electron chi connectivity index (χ3n) is 5.07. The van der Waals surface area contributed by atoms with Crippen molar-refractivity contribution in [3.8, 4) is 0 Å². The van der Waals surface area contributed by atoms with Gasteiger partial charge >= 0.3 is 0 Å². The first-order chi connectivity index (χ1) is 10.3. The third-order valence-corrected chi connectivity index (χ3v) is 5.07. The van der Waals surface area contributed by atoms with E-state index in [1.165, 1.54) is 38.5 Å². The minimum atomic E-state index is 0.357. The van der Waals surface area contributed by atoms with Crippen LogP contribution in [0, 0.1) is 5.92 Å². The van der Waals surface area contributed by atoms with Gasteiger partial charge < -0.3 is 0 Å². The molecule has 1 aromatic rings. The maximum absolute atomic E-state index is 5.74. The van der Waals surface area contributed by atoms with Gasteiger partial charge in [-0.3, -0.25) is 16.0 Å². The highest BCUT2D eigenvalue weighted by molar-refractivity contribution is 5.02. The van der Waals surface area contributed by atoms with Crippen molar-refractivity contribution in [1.29, 1.82) is 0 Å². The van der Waals surface area contributed by atoms with E-state index >= 15 is 0 Å². The Labute approximate surface area is 129 Å². The highest BCUT2D eigenvalue weighted by Gasteiger charge is 2.18. The SMILES string of the molecule is CCC(CC)n1ccc(CC(CCC2CCCC2)NN)n1. The van der Waals surface area contributed by atoms with E-state index in [1.807, 2.05) is 0 Å². The zero-order chi connectivity index (χ0) is 15.1. The zero-order valence-electron chi connectivity index (χ0n) is 13.7. The van der Waals surface area contributed by atoms with Crippen LogP contribution in [-0.2, 0) is 6.42 Å². The molecule has 1 atom stereocenters. The molecule has 3 N–H and O–H groups in total. The molecule has 1 fully saturated rings. The number of aromatic nitrogens is 2. The van der Waals surface area contributed by atoms with Crippen LogP contribution in [-0.4, -0.2) is 15.8 Å². The monoisotopic (exact) mass is 292 g/mol. The fourth-order valence-corrected chi connectivity index (χ4v) is 3.59. The molecule has 0 aromatic carbocycles. The molecule has 4 nitrogen and oxygen atoms in total. The summed E-state index contributed by atoms with van der Waals surface area (Å²) in [7, 11) is 0. The summed E-state index contributed by atoms with van der Waals surface area (Å²) in [5, 5.41) is 4.74. The molecule has 0 radical (unpaired) electrons. The van der Waals surface area contributed by atoms with Crippen LogP contribution in [0.25, 0.3) is 0 Å². The van der Waals surface area contributed by atoms with E-state index in [-0.39, 0.29) is 0 Å². The number of nitrogens with zero attached hydrogens (tertiary/aromatic N) is 2. The molecule has 0 amide bonds. The van der Waals surface area contributed by atoms with E-state index < -0.39 is 0 Å². The number of nitrogens with two attached hydrogens (primary N) is 1. The predicted molar refractivity (Wildman–Crippen MR) is 87.9 cm³/mol. The van der Waals surface area contributed by atoms with Crippen LogP contribution < -0.4 is 11.3 Å². The van der Waals surface area contributed by atoms with Gasteiger partial charge in [-0.2, -0.15) is 5.10 Å². The van der Waals surface area contributed by atoms with E-state index in [2.05, 4.69) is 36.2 Å². The molecule has 120 valence electrons. The minimum absolute atomic E-state index is 0.357. The van der Waals surface area contributed by atoms with Crippen molar-refractivity contribution in [2.24, 2.45) is 11.8 Å². The molecule has 1 saturated carbocycles. The highest BCUT2D eigenvalue weighted by Crippen LogP contribution is 2.29. The topological polar surface area (TPSA) is 55.9 Å². The van der Waals surface area contributed by atoms with Crippen LogP contribution in [0.3, 0.4) is 0 Å². The fourth-order valence-electron chi connectivity index (χ4n) is 3.59. The summed E-state index contributed by atoms with van der Waals surface area (Å²) >= 11 is 0. The molecule has 2 rings (SSSR count). The average Bonchev–Trinajstić information content (AvgIpc) is 3.16. The summed E-state index contributed by atoms with van der Waals surface area (Å²) in [4.78, 5) is 0. The Morgan fingerprint density at radius 3 is 2.67 bits per heavy atom. The maximum Gasteiger partial charge on any atom is 0.0640 e. The largest absolute Gasteiger partial charge is 0.271 e. The first kappa shape index (κ1) is 16.5. The molecule has 1 unspecified atom stereocenters. The van der Waals surface area contributed by atoms with Crippen LogP contribution in [0.15, 0.2) is 12.3 Å². The normalized spacial score (nSPS) is 17.7. The molecule has 1 aliphatic carbocycles. The Morgan fingerprint density at radius 1 is 1.33 bits per heavy atom. The van der Waals surface area contributed by atoms with Gasteiger partial charge in [-0.15, -0.1) is 0 Å². The molecule has 1 aliphatic rings. The average molecular weight is 292 g/mol. The lowest BCUT2D eigenvalue weighted by Crippen LogP contribution is -2.37. The lowest BCUT2D eigenvalue weighted by atomic mass is 9.97. The zero-order valence-corrected chi connectivity index (χ0v) is 13.7. The van der Waals surface area contributed by atoms with Crippen LogP contribution in [0.1, 0.15) is 76.9 Å².